The molecule has 31 heavy (non-hydrogen) atoms. The zero-order chi connectivity index (χ0) is 22.2. The van der Waals surface area contributed by atoms with Gasteiger partial charge in [-0.25, -0.2) is 4.98 Å². The molecular weight excluding hydrogens is 403 g/mol. The zero-order valence-electron chi connectivity index (χ0n) is 17.0. The van der Waals surface area contributed by atoms with Crippen LogP contribution in [0.2, 0.25) is 0 Å². The molecular formula is C24H20F3N3O. The summed E-state index contributed by atoms with van der Waals surface area (Å²) in [6.07, 6.45) is -4.63. The van der Waals surface area contributed by atoms with Crippen LogP contribution in [-0.2, 0) is 17.5 Å². The second-order valence-corrected chi connectivity index (χ2v) is 7.13. The van der Waals surface area contributed by atoms with Crippen molar-refractivity contribution in [3.63, 3.8) is 0 Å². The first kappa shape index (κ1) is 20.7. The molecule has 2 aromatic carbocycles. The molecule has 1 amide bonds. The first-order valence-corrected chi connectivity index (χ1v) is 9.84. The summed E-state index contributed by atoms with van der Waals surface area (Å²) in [5.41, 5.74) is 1.47. The Hall–Kier alpha value is -3.61. The molecule has 0 saturated heterocycles. The Morgan fingerprint density at radius 2 is 1.58 bits per heavy atom. The summed E-state index contributed by atoms with van der Waals surface area (Å²) < 4.78 is 44.4. The number of fused-ring (bicyclic) bond motifs is 1. The Balaban J connectivity index is 2.17. The maximum atomic E-state index is 14.2. The molecule has 2 heterocycles. The van der Waals surface area contributed by atoms with Crippen LogP contribution in [0.5, 0.6) is 0 Å². The summed E-state index contributed by atoms with van der Waals surface area (Å²) in [6.45, 7) is 3.50. The van der Waals surface area contributed by atoms with Crippen molar-refractivity contribution in [2.45, 2.75) is 26.6 Å². The normalized spacial score (nSPS) is 11.6. The number of pyridine rings is 1. The number of benzene rings is 2. The van der Waals surface area contributed by atoms with Gasteiger partial charge in [-0.3, -0.25) is 4.79 Å². The Bertz CT molecular complexity index is 1250. The highest BCUT2D eigenvalue weighted by Gasteiger charge is 2.37. The second kappa shape index (κ2) is 7.91. The Kier molecular flexibility index (Phi) is 5.27. The number of rotatable bonds is 4. The van der Waals surface area contributed by atoms with Gasteiger partial charge in [-0.2, -0.15) is 13.2 Å². The van der Waals surface area contributed by atoms with Gasteiger partial charge < -0.3 is 9.88 Å². The highest BCUT2D eigenvalue weighted by atomic mass is 19.4. The zero-order valence-corrected chi connectivity index (χ0v) is 17.0. The van der Waals surface area contributed by atoms with Crippen molar-refractivity contribution in [2.24, 2.45) is 0 Å². The predicted molar refractivity (Wildman–Crippen MR) is 116 cm³/mol. The van der Waals surface area contributed by atoms with Crippen LogP contribution in [0.4, 0.5) is 18.9 Å². The van der Waals surface area contributed by atoms with E-state index in [0.717, 1.165) is 6.07 Å². The summed E-state index contributed by atoms with van der Waals surface area (Å²) >= 11 is 0. The molecule has 0 bridgehead atoms. The lowest BCUT2D eigenvalue weighted by molar-refractivity contribution is -0.136. The van der Waals surface area contributed by atoms with Crippen LogP contribution >= 0.6 is 0 Å². The van der Waals surface area contributed by atoms with Gasteiger partial charge in [0.1, 0.15) is 5.65 Å². The van der Waals surface area contributed by atoms with Gasteiger partial charge in [-0.05, 0) is 13.0 Å². The molecule has 4 aromatic rings. The van der Waals surface area contributed by atoms with Crippen molar-refractivity contribution in [3.05, 3.63) is 72.3 Å². The standard InChI is InChI=1S/C24H20F3N3O/c1-3-30-22(17-12-8-5-9-13-17)21(28-15(2)31)20-18(24(25,26)27)14-19(29-23(20)30)16-10-6-4-7-11-16/h4-14H,3H2,1-2H3,(H,28,31). The van der Waals surface area contributed by atoms with E-state index >= 15 is 0 Å². The molecule has 0 radical (unpaired) electrons. The van der Waals surface area contributed by atoms with E-state index in [9.17, 15) is 18.0 Å². The number of halogens is 3. The molecule has 0 fully saturated rings. The summed E-state index contributed by atoms with van der Waals surface area (Å²) in [6, 6.07) is 18.8. The number of aryl methyl sites for hydroxylation is 1. The molecule has 4 rings (SSSR count). The SMILES string of the molecule is CCn1c(-c2ccccc2)c(NC(C)=O)c2c(C(F)(F)F)cc(-c3ccccc3)nc21. The van der Waals surface area contributed by atoms with Crippen LogP contribution in [0.15, 0.2) is 66.7 Å². The smallest absolute Gasteiger partial charge is 0.324 e. The van der Waals surface area contributed by atoms with E-state index in [2.05, 4.69) is 10.3 Å². The fraction of sp³-hybridized carbons (Fsp3) is 0.167. The average molecular weight is 423 g/mol. The molecule has 0 saturated carbocycles. The minimum Gasteiger partial charge on any atom is -0.324 e. The minimum absolute atomic E-state index is 0.108. The highest BCUT2D eigenvalue weighted by Crippen LogP contribution is 2.45. The van der Waals surface area contributed by atoms with Crippen molar-refractivity contribution in [3.8, 4) is 22.5 Å². The number of hydrogen-bond donors (Lipinski definition) is 1. The minimum atomic E-state index is -4.63. The van der Waals surface area contributed by atoms with E-state index in [1.807, 2.05) is 13.0 Å². The molecule has 0 aliphatic heterocycles. The second-order valence-electron chi connectivity index (χ2n) is 7.13. The van der Waals surface area contributed by atoms with E-state index < -0.39 is 17.6 Å². The van der Waals surface area contributed by atoms with E-state index in [-0.39, 0.29) is 22.4 Å². The molecule has 0 aliphatic rings. The number of carbonyl (C=O) groups excluding carboxylic acids is 1. The highest BCUT2D eigenvalue weighted by molar-refractivity contribution is 6.09. The number of carbonyl (C=O) groups is 1. The number of aromatic nitrogens is 2. The maximum absolute atomic E-state index is 14.2. The number of hydrogen-bond acceptors (Lipinski definition) is 2. The predicted octanol–water partition coefficient (Wildman–Crippen LogP) is 6.37. The van der Waals surface area contributed by atoms with Crippen LogP contribution in [0, 0.1) is 0 Å². The first-order chi connectivity index (χ1) is 14.8. The summed E-state index contributed by atoms with van der Waals surface area (Å²) in [5.74, 6) is -0.451. The third-order valence-electron chi connectivity index (χ3n) is 5.05. The Morgan fingerprint density at radius 1 is 1.00 bits per heavy atom. The molecule has 0 unspecified atom stereocenters. The van der Waals surface area contributed by atoms with Crippen LogP contribution in [0.1, 0.15) is 19.4 Å². The lowest BCUT2D eigenvalue weighted by atomic mass is 10.0. The Morgan fingerprint density at radius 3 is 2.10 bits per heavy atom. The summed E-state index contributed by atoms with van der Waals surface area (Å²) in [7, 11) is 0. The van der Waals surface area contributed by atoms with Crippen LogP contribution in [0.25, 0.3) is 33.5 Å². The third-order valence-corrected chi connectivity index (χ3v) is 5.05. The lowest BCUT2D eigenvalue weighted by Gasteiger charge is -2.13. The molecule has 0 spiro atoms. The van der Waals surface area contributed by atoms with Gasteiger partial charge in [0.05, 0.1) is 28.0 Å². The quantitative estimate of drug-likeness (QED) is 0.415. The van der Waals surface area contributed by atoms with Gasteiger partial charge in [0.2, 0.25) is 5.91 Å². The number of anilines is 1. The monoisotopic (exact) mass is 423 g/mol. The molecule has 2 aromatic heterocycles. The number of amides is 1. The average Bonchev–Trinajstić information content (AvgIpc) is 3.06. The summed E-state index contributed by atoms with van der Waals surface area (Å²) in [5, 5.41) is 2.53. The van der Waals surface area contributed by atoms with Crippen molar-refractivity contribution < 1.29 is 18.0 Å². The third kappa shape index (κ3) is 3.79. The topological polar surface area (TPSA) is 46.9 Å². The van der Waals surface area contributed by atoms with Gasteiger partial charge in [0.15, 0.2) is 0 Å². The first-order valence-electron chi connectivity index (χ1n) is 9.84. The van der Waals surface area contributed by atoms with E-state index in [1.165, 1.54) is 6.92 Å². The Labute approximate surface area is 177 Å². The van der Waals surface area contributed by atoms with Gasteiger partial charge in [0, 0.05) is 24.6 Å². The van der Waals surface area contributed by atoms with Gasteiger partial charge in [-0.15, -0.1) is 0 Å². The number of nitrogens with zero attached hydrogens (tertiary/aromatic N) is 2. The van der Waals surface area contributed by atoms with Crippen molar-refractivity contribution in [2.75, 3.05) is 5.32 Å². The van der Waals surface area contributed by atoms with Crippen LogP contribution in [0.3, 0.4) is 0 Å². The van der Waals surface area contributed by atoms with Gasteiger partial charge in [-0.1, -0.05) is 60.7 Å². The number of nitrogens with one attached hydrogen (secondary N) is 1. The molecule has 158 valence electrons. The molecule has 1 N–H and O–H groups in total. The van der Waals surface area contributed by atoms with E-state index in [0.29, 0.717) is 23.4 Å². The fourth-order valence-corrected chi connectivity index (χ4v) is 3.81. The number of alkyl halides is 3. The molecule has 0 atom stereocenters. The molecule has 7 heteroatoms. The van der Waals surface area contributed by atoms with E-state index in [1.54, 1.807) is 59.2 Å². The van der Waals surface area contributed by atoms with Gasteiger partial charge in [0.25, 0.3) is 0 Å². The van der Waals surface area contributed by atoms with E-state index in [4.69, 9.17) is 0 Å². The van der Waals surface area contributed by atoms with Gasteiger partial charge >= 0.3 is 6.18 Å². The molecule has 0 aliphatic carbocycles. The van der Waals surface area contributed by atoms with Crippen LogP contribution in [-0.4, -0.2) is 15.5 Å². The largest absolute Gasteiger partial charge is 0.417 e. The van der Waals surface area contributed by atoms with Crippen molar-refractivity contribution in [1.29, 1.82) is 0 Å². The van der Waals surface area contributed by atoms with Crippen molar-refractivity contribution in [1.82, 2.24) is 9.55 Å². The summed E-state index contributed by atoms with van der Waals surface area (Å²) in [4.78, 5) is 16.6. The lowest BCUT2D eigenvalue weighted by Crippen LogP contribution is -2.10. The van der Waals surface area contributed by atoms with Crippen LogP contribution < -0.4 is 5.32 Å². The van der Waals surface area contributed by atoms with Crippen molar-refractivity contribution >= 4 is 22.6 Å². The fourth-order valence-electron chi connectivity index (χ4n) is 3.81. The molecule has 4 nitrogen and oxygen atoms in total. The maximum Gasteiger partial charge on any atom is 0.417 e.